The Morgan fingerprint density at radius 3 is 2.48 bits per heavy atom. The molecule has 1 aromatic rings. The minimum absolute atomic E-state index is 0.0228. The molecule has 0 bridgehead atoms. The van der Waals surface area contributed by atoms with E-state index in [0.717, 1.165) is 32.7 Å². The Hall–Kier alpha value is -0.370. The SMILES string of the molecule is CCN1CCN([C@H](C)CNS(=O)(=O)c2cc(Cl)ccc2Cl)CC1. The van der Waals surface area contributed by atoms with Crippen molar-refractivity contribution >= 4 is 33.2 Å². The predicted octanol–water partition coefficient (Wildman–Crippen LogP) is 2.30. The second-order valence-electron chi connectivity index (χ2n) is 5.75. The lowest BCUT2D eigenvalue weighted by Crippen LogP contribution is -2.52. The van der Waals surface area contributed by atoms with Crippen LogP contribution < -0.4 is 4.72 Å². The molecule has 2 rings (SSSR count). The van der Waals surface area contributed by atoms with Crippen molar-refractivity contribution in [1.29, 1.82) is 0 Å². The fraction of sp³-hybridized carbons (Fsp3) is 0.600. The largest absolute Gasteiger partial charge is 0.301 e. The summed E-state index contributed by atoms with van der Waals surface area (Å²) in [6, 6.07) is 4.56. The number of nitrogens with one attached hydrogen (secondary N) is 1. The number of sulfonamides is 1. The number of nitrogens with zero attached hydrogens (tertiary/aromatic N) is 2. The highest BCUT2D eigenvalue weighted by Gasteiger charge is 2.23. The molecule has 1 atom stereocenters. The van der Waals surface area contributed by atoms with E-state index < -0.39 is 10.0 Å². The molecule has 1 aliphatic rings. The molecule has 1 aromatic carbocycles. The van der Waals surface area contributed by atoms with E-state index in [2.05, 4.69) is 21.4 Å². The molecule has 5 nitrogen and oxygen atoms in total. The molecule has 1 saturated heterocycles. The molecule has 0 unspecified atom stereocenters. The zero-order valence-corrected chi connectivity index (χ0v) is 15.8. The number of hydrogen-bond acceptors (Lipinski definition) is 4. The van der Waals surface area contributed by atoms with Gasteiger partial charge in [0.1, 0.15) is 4.90 Å². The Labute approximate surface area is 148 Å². The third-order valence-corrected chi connectivity index (χ3v) is 6.37. The Morgan fingerprint density at radius 2 is 1.87 bits per heavy atom. The van der Waals surface area contributed by atoms with Crippen LogP contribution in [0.3, 0.4) is 0 Å². The van der Waals surface area contributed by atoms with Crippen LogP contribution in [0, 0.1) is 0 Å². The van der Waals surface area contributed by atoms with Gasteiger partial charge in [-0.05, 0) is 31.7 Å². The van der Waals surface area contributed by atoms with Gasteiger partial charge in [-0.15, -0.1) is 0 Å². The molecular formula is C15H23Cl2N3O2S. The Kier molecular flexibility index (Phi) is 6.71. The van der Waals surface area contributed by atoms with Gasteiger partial charge in [-0.25, -0.2) is 13.1 Å². The quantitative estimate of drug-likeness (QED) is 0.823. The van der Waals surface area contributed by atoms with E-state index in [-0.39, 0.29) is 16.0 Å². The lowest BCUT2D eigenvalue weighted by molar-refractivity contribution is 0.107. The molecule has 0 aliphatic carbocycles. The average Bonchev–Trinajstić information content (AvgIpc) is 2.55. The van der Waals surface area contributed by atoms with Gasteiger partial charge in [0.15, 0.2) is 0 Å². The third kappa shape index (κ3) is 5.05. The number of benzene rings is 1. The van der Waals surface area contributed by atoms with Crippen LogP contribution in [0.1, 0.15) is 13.8 Å². The summed E-state index contributed by atoms with van der Waals surface area (Å²) in [6.07, 6.45) is 0. The smallest absolute Gasteiger partial charge is 0.242 e. The summed E-state index contributed by atoms with van der Waals surface area (Å²) in [4.78, 5) is 4.71. The van der Waals surface area contributed by atoms with Crippen LogP contribution in [0.2, 0.25) is 10.0 Å². The predicted molar refractivity (Wildman–Crippen MR) is 94.8 cm³/mol. The van der Waals surface area contributed by atoms with E-state index >= 15 is 0 Å². The molecule has 1 heterocycles. The standard InChI is InChI=1S/C15H23Cl2N3O2S/c1-3-19-6-8-20(9-7-19)12(2)11-18-23(21,22)15-10-13(16)4-5-14(15)17/h4-5,10,12,18H,3,6-9,11H2,1-2H3/t12-/m1/s1. The summed E-state index contributed by atoms with van der Waals surface area (Å²) in [5.41, 5.74) is 0. The molecule has 8 heteroatoms. The van der Waals surface area contributed by atoms with Crippen LogP contribution in [0.15, 0.2) is 23.1 Å². The molecule has 1 N–H and O–H groups in total. The number of rotatable bonds is 6. The van der Waals surface area contributed by atoms with Crippen molar-refractivity contribution in [3.8, 4) is 0 Å². The first-order chi connectivity index (χ1) is 10.8. The van der Waals surface area contributed by atoms with E-state index in [4.69, 9.17) is 23.2 Å². The Balaban J connectivity index is 1.95. The van der Waals surface area contributed by atoms with Crippen molar-refractivity contribution in [3.05, 3.63) is 28.2 Å². The Bertz CT molecular complexity index is 632. The summed E-state index contributed by atoms with van der Waals surface area (Å²) in [5, 5.41) is 0.518. The highest BCUT2D eigenvalue weighted by Crippen LogP contribution is 2.24. The highest BCUT2D eigenvalue weighted by atomic mass is 35.5. The fourth-order valence-corrected chi connectivity index (χ4v) is 4.52. The Morgan fingerprint density at radius 1 is 1.22 bits per heavy atom. The summed E-state index contributed by atoms with van der Waals surface area (Å²) in [7, 11) is -3.67. The highest BCUT2D eigenvalue weighted by molar-refractivity contribution is 7.89. The molecule has 0 radical (unpaired) electrons. The van der Waals surface area contributed by atoms with Crippen molar-refractivity contribution in [3.63, 3.8) is 0 Å². The molecule has 1 fully saturated rings. The fourth-order valence-electron chi connectivity index (χ4n) is 2.64. The van der Waals surface area contributed by atoms with E-state index in [1.807, 2.05) is 6.92 Å². The van der Waals surface area contributed by atoms with Crippen LogP contribution in [-0.2, 0) is 10.0 Å². The van der Waals surface area contributed by atoms with Crippen molar-refractivity contribution < 1.29 is 8.42 Å². The minimum atomic E-state index is -3.67. The van der Waals surface area contributed by atoms with E-state index in [0.29, 0.717) is 11.6 Å². The summed E-state index contributed by atoms with van der Waals surface area (Å²) < 4.78 is 27.5. The topological polar surface area (TPSA) is 52.6 Å². The van der Waals surface area contributed by atoms with Crippen LogP contribution in [0.25, 0.3) is 0 Å². The maximum Gasteiger partial charge on any atom is 0.242 e. The summed E-state index contributed by atoms with van der Waals surface area (Å²) in [5.74, 6) is 0. The molecule has 1 aliphatic heterocycles. The monoisotopic (exact) mass is 379 g/mol. The first-order valence-electron chi connectivity index (χ1n) is 7.74. The van der Waals surface area contributed by atoms with Crippen molar-refractivity contribution in [2.24, 2.45) is 0 Å². The lowest BCUT2D eigenvalue weighted by atomic mass is 10.2. The van der Waals surface area contributed by atoms with E-state index in [1.165, 1.54) is 12.1 Å². The van der Waals surface area contributed by atoms with Gasteiger partial charge in [-0.1, -0.05) is 30.1 Å². The number of piperazine rings is 1. The first kappa shape index (κ1) is 19.0. The number of likely N-dealkylation sites (N-methyl/N-ethyl adjacent to an activating group) is 1. The summed E-state index contributed by atoms with van der Waals surface area (Å²) >= 11 is 11.9. The van der Waals surface area contributed by atoms with Crippen molar-refractivity contribution in [2.45, 2.75) is 24.8 Å². The average molecular weight is 380 g/mol. The molecule has 0 saturated carbocycles. The number of hydrogen-bond donors (Lipinski definition) is 1. The van der Waals surface area contributed by atoms with Crippen molar-refractivity contribution in [1.82, 2.24) is 14.5 Å². The van der Waals surface area contributed by atoms with Gasteiger partial charge >= 0.3 is 0 Å². The third-order valence-electron chi connectivity index (χ3n) is 4.23. The zero-order chi connectivity index (χ0) is 17.0. The second-order valence-corrected chi connectivity index (χ2v) is 8.32. The molecule has 0 amide bonds. The van der Waals surface area contributed by atoms with E-state index in [1.54, 1.807) is 6.07 Å². The summed E-state index contributed by atoms with van der Waals surface area (Å²) in [6.45, 7) is 9.54. The van der Waals surface area contributed by atoms with Gasteiger partial charge in [0.05, 0.1) is 5.02 Å². The zero-order valence-electron chi connectivity index (χ0n) is 13.4. The minimum Gasteiger partial charge on any atom is -0.301 e. The maximum atomic E-state index is 12.4. The van der Waals surface area contributed by atoms with Crippen molar-refractivity contribution in [2.75, 3.05) is 39.3 Å². The van der Waals surface area contributed by atoms with Crippen LogP contribution in [0.5, 0.6) is 0 Å². The number of halogens is 2. The molecule has 0 spiro atoms. The van der Waals surface area contributed by atoms with E-state index in [9.17, 15) is 8.42 Å². The normalized spacial score (nSPS) is 19.0. The van der Waals surface area contributed by atoms with Crippen LogP contribution >= 0.6 is 23.2 Å². The van der Waals surface area contributed by atoms with Gasteiger partial charge in [0.2, 0.25) is 10.0 Å². The van der Waals surface area contributed by atoms with Gasteiger partial charge in [-0.3, -0.25) is 4.90 Å². The van der Waals surface area contributed by atoms with Gasteiger partial charge in [-0.2, -0.15) is 0 Å². The lowest BCUT2D eigenvalue weighted by Gasteiger charge is -2.37. The second kappa shape index (κ2) is 8.14. The molecule has 130 valence electrons. The van der Waals surface area contributed by atoms with Gasteiger partial charge in [0, 0.05) is 43.8 Å². The molecular weight excluding hydrogens is 357 g/mol. The maximum absolute atomic E-state index is 12.4. The van der Waals surface area contributed by atoms with Gasteiger partial charge in [0.25, 0.3) is 0 Å². The first-order valence-corrected chi connectivity index (χ1v) is 9.98. The van der Waals surface area contributed by atoms with Crippen LogP contribution in [0.4, 0.5) is 0 Å². The van der Waals surface area contributed by atoms with Gasteiger partial charge < -0.3 is 4.90 Å². The molecule has 23 heavy (non-hydrogen) atoms. The van der Waals surface area contributed by atoms with Crippen LogP contribution in [-0.4, -0.2) is 63.5 Å². The molecule has 0 aromatic heterocycles.